The van der Waals surface area contributed by atoms with Crippen molar-refractivity contribution in [2.45, 2.75) is 6.92 Å². The SMILES string of the molecule is Cc1cc(N2CCN(c3ncc(C#N)cc3Cl)CC2)nc(N2CCOCC2)n1. The normalized spacial score (nSPS) is 17.5. The molecule has 2 aliphatic heterocycles. The molecule has 2 aromatic rings. The molecule has 0 aromatic carbocycles. The third-order valence-electron chi connectivity index (χ3n) is 4.98. The van der Waals surface area contributed by atoms with Crippen LogP contribution in [0.2, 0.25) is 5.02 Å². The Morgan fingerprint density at radius 3 is 2.39 bits per heavy atom. The zero-order chi connectivity index (χ0) is 19.5. The number of ether oxygens (including phenoxy) is 1. The standard InChI is InChI=1S/C19H22ClN7O/c1-14-10-17(24-19(23-14)27-6-8-28-9-7-27)25-2-4-26(5-3-25)18-16(20)11-15(12-21)13-22-18/h10-11,13H,2-9H2,1H3. The first-order chi connectivity index (χ1) is 13.6. The number of piperazine rings is 1. The van der Waals surface area contributed by atoms with E-state index in [-0.39, 0.29) is 0 Å². The van der Waals surface area contributed by atoms with Crippen molar-refractivity contribution in [2.75, 3.05) is 67.2 Å². The van der Waals surface area contributed by atoms with E-state index in [0.29, 0.717) is 23.8 Å². The summed E-state index contributed by atoms with van der Waals surface area (Å²) in [5, 5.41) is 9.49. The summed E-state index contributed by atoms with van der Waals surface area (Å²) in [5.74, 6) is 2.46. The summed E-state index contributed by atoms with van der Waals surface area (Å²) in [6.45, 7) is 8.27. The Bertz CT molecular complexity index is 886. The highest BCUT2D eigenvalue weighted by molar-refractivity contribution is 6.33. The molecule has 2 fully saturated rings. The Morgan fingerprint density at radius 1 is 1.00 bits per heavy atom. The lowest BCUT2D eigenvalue weighted by Gasteiger charge is -2.37. The van der Waals surface area contributed by atoms with Crippen LogP contribution in [0.3, 0.4) is 0 Å². The Hall–Kier alpha value is -2.63. The molecule has 0 unspecified atom stereocenters. The first-order valence-corrected chi connectivity index (χ1v) is 9.76. The molecule has 146 valence electrons. The van der Waals surface area contributed by atoms with Crippen LogP contribution in [0.1, 0.15) is 11.3 Å². The molecule has 4 rings (SSSR count). The molecule has 0 radical (unpaired) electrons. The zero-order valence-corrected chi connectivity index (χ0v) is 16.6. The van der Waals surface area contributed by atoms with E-state index < -0.39 is 0 Å². The first kappa shape index (κ1) is 18.7. The number of hydrogen-bond acceptors (Lipinski definition) is 8. The quantitative estimate of drug-likeness (QED) is 0.773. The van der Waals surface area contributed by atoms with Crippen LogP contribution < -0.4 is 14.7 Å². The molecular formula is C19H22ClN7O. The van der Waals surface area contributed by atoms with Gasteiger partial charge in [0.15, 0.2) is 0 Å². The monoisotopic (exact) mass is 399 g/mol. The second-order valence-corrected chi connectivity index (χ2v) is 7.29. The third kappa shape index (κ3) is 3.96. The minimum absolute atomic E-state index is 0.472. The summed E-state index contributed by atoms with van der Waals surface area (Å²) < 4.78 is 5.43. The van der Waals surface area contributed by atoms with Crippen LogP contribution in [-0.4, -0.2) is 67.4 Å². The van der Waals surface area contributed by atoms with Gasteiger partial charge in [-0.05, 0) is 13.0 Å². The highest BCUT2D eigenvalue weighted by Crippen LogP contribution is 2.26. The van der Waals surface area contributed by atoms with Crippen molar-refractivity contribution < 1.29 is 4.74 Å². The van der Waals surface area contributed by atoms with Crippen LogP contribution in [0.15, 0.2) is 18.3 Å². The second-order valence-electron chi connectivity index (χ2n) is 6.88. The number of rotatable bonds is 3. The summed E-state index contributed by atoms with van der Waals surface area (Å²) in [6.07, 6.45) is 1.57. The molecule has 0 amide bonds. The van der Waals surface area contributed by atoms with Gasteiger partial charge in [0.25, 0.3) is 0 Å². The lowest BCUT2D eigenvalue weighted by molar-refractivity contribution is 0.122. The number of aromatic nitrogens is 3. The van der Waals surface area contributed by atoms with Crippen molar-refractivity contribution in [1.29, 1.82) is 5.26 Å². The third-order valence-corrected chi connectivity index (χ3v) is 5.26. The molecule has 0 saturated carbocycles. The van der Waals surface area contributed by atoms with Crippen molar-refractivity contribution in [3.8, 4) is 6.07 Å². The van der Waals surface area contributed by atoms with Gasteiger partial charge in [0.2, 0.25) is 5.95 Å². The molecule has 0 atom stereocenters. The highest BCUT2D eigenvalue weighted by Gasteiger charge is 2.23. The van der Waals surface area contributed by atoms with Gasteiger partial charge in [-0.2, -0.15) is 10.2 Å². The molecule has 2 saturated heterocycles. The predicted octanol–water partition coefficient (Wildman–Crippen LogP) is 1.87. The fourth-order valence-corrected chi connectivity index (χ4v) is 3.76. The Labute approximate surface area is 169 Å². The van der Waals surface area contributed by atoms with Crippen LogP contribution in [0.5, 0.6) is 0 Å². The van der Waals surface area contributed by atoms with E-state index in [0.717, 1.165) is 62.5 Å². The van der Waals surface area contributed by atoms with E-state index in [1.807, 2.05) is 13.0 Å². The molecular weight excluding hydrogens is 378 g/mol. The van der Waals surface area contributed by atoms with Crippen molar-refractivity contribution >= 4 is 29.2 Å². The highest BCUT2D eigenvalue weighted by atomic mass is 35.5. The molecule has 28 heavy (non-hydrogen) atoms. The van der Waals surface area contributed by atoms with Crippen LogP contribution in [-0.2, 0) is 4.74 Å². The Balaban J connectivity index is 1.46. The van der Waals surface area contributed by atoms with Crippen molar-refractivity contribution in [3.63, 3.8) is 0 Å². The average Bonchev–Trinajstić information content (AvgIpc) is 2.74. The molecule has 0 spiro atoms. The van der Waals surface area contributed by atoms with Crippen LogP contribution >= 0.6 is 11.6 Å². The number of nitriles is 1. The van der Waals surface area contributed by atoms with Gasteiger partial charge in [-0.25, -0.2) is 9.97 Å². The zero-order valence-electron chi connectivity index (χ0n) is 15.8. The van der Waals surface area contributed by atoms with Gasteiger partial charge >= 0.3 is 0 Å². The Morgan fingerprint density at radius 2 is 1.71 bits per heavy atom. The molecule has 4 heterocycles. The molecule has 9 heteroatoms. The minimum atomic E-state index is 0.472. The number of aryl methyl sites for hydroxylation is 1. The molecule has 8 nitrogen and oxygen atoms in total. The average molecular weight is 400 g/mol. The topological polar surface area (TPSA) is 81.4 Å². The summed E-state index contributed by atoms with van der Waals surface area (Å²) in [5.41, 5.74) is 1.44. The maximum atomic E-state index is 8.97. The van der Waals surface area contributed by atoms with Gasteiger partial charge in [0, 0.05) is 57.2 Å². The van der Waals surface area contributed by atoms with E-state index in [1.54, 1.807) is 12.3 Å². The minimum Gasteiger partial charge on any atom is -0.378 e. The van der Waals surface area contributed by atoms with Crippen molar-refractivity contribution in [1.82, 2.24) is 15.0 Å². The van der Waals surface area contributed by atoms with E-state index in [9.17, 15) is 0 Å². The number of hydrogen-bond donors (Lipinski definition) is 0. The van der Waals surface area contributed by atoms with Gasteiger partial charge in [0.05, 0.1) is 23.8 Å². The number of anilines is 3. The molecule has 0 aliphatic carbocycles. The summed E-state index contributed by atoms with van der Waals surface area (Å²) in [4.78, 5) is 20.4. The predicted molar refractivity (Wildman–Crippen MR) is 108 cm³/mol. The lowest BCUT2D eigenvalue weighted by Crippen LogP contribution is -2.47. The van der Waals surface area contributed by atoms with Gasteiger partial charge in [-0.15, -0.1) is 0 Å². The first-order valence-electron chi connectivity index (χ1n) is 9.38. The maximum Gasteiger partial charge on any atom is 0.227 e. The van der Waals surface area contributed by atoms with Gasteiger partial charge < -0.3 is 19.4 Å². The second kappa shape index (κ2) is 8.17. The smallest absolute Gasteiger partial charge is 0.227 e. The largest absolute Gasteiger partial charge is 0.378 e. The fraction of sp³-hybridized carbons (Fsp3) is 0.474. The molecule has 0 N–H and O–H groups in total. The molecule has 2 aliphatic rings. The summed E-state index contributed by atoms with van der Waals surface area (Å²) in [6, 6.07) is 5.76. The van der Waals surface area contributed by atoms with E-state index in [4.69, 9.17) is 26.6 Å². The van der Waals surface area contributed by atoms with Crippen LogP contribution in [0, 0.1) is 18.3 Å². The van der Waals surface area contributed by atoms with Crippen molar-refractivity contribution in [3.05, 3.63) is 34.6 Å². The summed E-state index contributed by atoms with van der Waals surface area (Å²) >= 11 is 6.32. The van der Waals surface area contributed by atoms with E-state index in [1.165, 1.54) is 0 Å². The fourth-order valence-electron chi connectivity index (χ4n) is 3.48. The number of morpholine rings is 1. The van der Waals surface area contributed by atoms with Gasteiger partial charge in [-0.3, -0.25) is 0 Å². The number of halogens is 1. The molecule has 2 aromatic heterocycles. The van der Waals surface area contributed by atoms with E-state index >= 15 is 0 Å². The van der Waals surface area contributed by atoms with Crippen LogP contribution in [0.4, 0.5) is 17.6 Å². The Kier molecular flexibility index (Phi) is 5.46. The van der Waals surface area contributed by atoms with E-state index in [2.05, 4.69) is 30.7 Å². The van der Waals surface area contributed by atoms with Gasteiger partial charge in [-0.1, -0.05) is 11.6 Å². The van der Waals surface area contributed by atoms with Crippen molar-refractivity contribution in [2.24, 2.45) is 0 Å². The molecule has 0 bridgehead atoms. The number of pyridine rings is 1. The summed E-state index contributed by atoms with van der Waals surface area (Å²) in [7, 11) is 0. The lowest BCUT2D eigenvalue weighted by atomic mass is 10.2. The maximum absolute atomic E-state index is 8.97. The van der Waals surface area contributed by atoms with Crippen LogP contribution in [0.25, 0.3) is 0 Å². The number of nitrogens with zero attached hydrogens (tertiary/aromatic N) is 7. The van der Waals surface area contributed by atoms with Gasteiger partial charge in [0.1, 0.15) is 17.7 Å².